The molecular weight excluding hydrogens is 382 g/mol. The third-order valence-corrected chi connectivity index (χ3v) is 5.33. The number of benzene rings is 3. The zero-order valence-corrected chi connectivity index (χ0v) is 16.6. The largest absolute Gasteiger partial charge is 0.506 e. The number of aromatic hydroxyl groups is 1. The van der Waals surface area contributed by atoms with Gasteiger partial charge in [0.15, 0.2) is 0 Å². The molecule has 0 spiro atoms. The van der Waals surface area contributed by atoms with E-state index in [0.717, 1.165) is 21.2 Å². The number of carbonyl (C=O) groups excluding carboxylic acids is 3. The zero-order chi connectivity index (χ0) is 21.5. The van der Waals surface area contributed by atoms with Gasteiger partial charge < -0.3 is 15.7 Å². The monoisotopic (exact) mass is 403 g/mol. The predicted molar refractivity (Wildman–Crippen MR) is 113 cm³/mol. The molecule has 30 heavy (non-hydrogen) atoms. The summed E-state index contributed by atoms with van der Waals surface area (Å²) < 4.78 is 0. The van der Waals surface area contributed by atoms with Gasteiger partial charge in [0.05, 0.1) is 5.69 Å². The molecule has 0 saturated carbocycles. The van der Waals surface area contributed by atoms with Crippen LogP contribution in [0.3, 0.4) is 0 Å². The molecular formula is C23H21N3O4. The molecule has 3 aromatic carbocycles. The molecule has 1 fully saturated rings. The summed E-state index contributed by atoms with van der Waals surface area (Å²) in [6.07, 6.45) is 0. The van der Waals surface area contributed by atoms with E-state index in [0.29, 0.717) is 5.56 Å². The molecule has 1 aliphatic rings. The standard InChI is InChI=1S/C23H21N3O4/c1-14-7-10-18(19(27)11-14)24-20(28)13-26-21(29)23(2,25-22(26)30)17-9-8-15-5-3-4-6-16(15)12-17/h3-12,27H,13H2,1-2H3,(H,24,28)(H,25,30)/t23-/m0/s1. The van der Waals surface area contributed by atoms with Crippen molar-refractivity contribution in [3.05, 3.63) is 71.8 Å². The van der Waals surface area contributed by atoms with E-state index in [1.54, 1.807) is 25.1 Å². The first-order valence-corrected chi connectivity index (χ1v) is 9.51. The van der Waals surface area contributed by atoms with E-state index >= 15 is 0 Å². The van der Waals surface area contributed by atoms with Gasteiger partial charge in [-0.25, -0.2) is 4.79 Å². The number of fused-ring (bicyclic) bond motifs is 1. The SMILES string of the molecule is Cc1ccc(NC(=O)CN2C(=O)N[C@@](C)(c3ccc4ccccc4c3)C2=O)c(O)c1. The second-order valence-electron chi connectivity index (χ2n) is 7.58. The summed E-state index contributed by atoms with van der Waals surface area (Å²) >= 11 is 0. The number of imide groups is 1. The van der Waals surface area contributed by atoms with Crippen LogP contribution in [0.4, 0.5) is 10.5 Å². The third kappa shape index (κ3) is 3.34. The minimum absolute atomic E-state index is 0.0819. The minimum atomic E-state index is -1.27. The molecule has 152 valence electrons. The van der Waals surface area contributed by atoms with E-state index in [-0.39, 0.29) is 11.4 Å². The minimum Gasteiger partial charge on any atom is -0.506 e. The second-order valence-corrected chi connectivity index (χ2v) is 7.58. The maximum atomic E-state index is 13.1. The van der Waals surface area contributed by atoms with Crippen molar-refractivity contribution in [3.63, 3.8) is 0 Å². The average Bonchev–Trinajstić information content (AvgIpc) is 2.94. The lowest BCUT2D eigenvalue weighted by atomic mass is 9.90. The molecule has 7 heteroatoms. The van der Waals surface area contributed by atoms with Gasteiger partial charge in [-0.2, -0.15) is 0 Å². The van der Waals surface area contributed by atoms with Gasteiger partial charge >= 0.3 is 6.03 Å². The highest BCUT2D eigenvalue weighted by atomic mass is 16.3. The Balaban J connectivity index is 1.54. The topological polar surface area (TPSA) is 98.7 Å². The first kappa shape index (κ1) is 19.4. The summed E-state index contributed by atoms with van der Waals surface area (Å²) in [6.45, 7) is 2.98. The molecule has 1 saturated heterocycles. The Morgan fingerprint density at radius 1 is 1.07 bits per heavy atom. The van der Waals surface area contributed by atoms with E-state index in [1.165, 1.54) is 6.07 Å². The fourth-order valence-corrected chi connectivity index (χ4v) is 3.62. The van der Waals surface area contributed by atoms with Crippen LogP contribution >= 0.6 is 0 Å². The summed E-state index contributed by atoms with van der Waals surface area (Å²) in [5, 5.41) is 17.2. The van der Waals surface area contributed by atoms with Crippen molar-refractivity contribution in [2.24, 2.45) is 0 Å². The number of aryl methyl sites for hydroxylation is 1. The molecule has 3 N–H and O–H groups in total. The molecule has 0 unspecified atom stereocenters. The van der Waals surface area contributed by atoms with E-state index in [4.69, 9.17) is 0 Å². The number of hydrogen-bond acceptors (Lipinski definition) is 4. The number of nitrogens with one attached hydrogen (secondary N) is 2. The molecule has 7 nitrogen and oxygen atoms in total. The molecule has 4 amide bonds. The summed E-state index contributed by atoms with van der Waals surface area (Å²) in [5.41, 5.74) is 0.423. The number of carbonyl (C=O) groups is 3. The average molecular weight is 403 g/mol. The Morgan fingerprint density at radius 3 is 2.53 bits per heavy atom. The van der Waals surface area contributed by atoms with Crippen molar-refractivity contribution in [2.75, 3.05) is 11.9 Å². The lowest BCUT2D eigenvalue weighted by Crippen LogP contribution is -2.42. The van der Waals surface area contributed by atoms with Crippen LogP contribution in [0.2, 0.25) is 0 Å². The fourth-order valence-electron chi connectivity index (χ4n) is 3.62. The van der Waals surface area contributed by atoms with E-state index < -0.39 is 29.9 Å². The first-order chi connectivity index (χ1) is 14.3. The van der Waals surface area contributed by atoms with Gasteiger partial charge in [0.2, 0.25) is 5.91 Å². The summed E-state index contributed by atoms with van der Waals surface area (Å²) in [6, 6.07) is 17.5. The smallest absolute Gasteiger partial charge is 0.325 e. The second kappa shape index (κ2) is 7.18. The summed E-state index contributed by atoms with van der Waals surface area (Å²) in [7, 11) is 0. The van der Waals surface area contributed by atoms with Crippen LogP contribution in [0.5, 0.6) is 5.75 Å². The molecule has 0 bridgehead atoms. The number of anilines is 1. The van der Waals surface area contributed by atoms with Crippen LogP contribution in [-0.2, 0) is 15.1 Å². The number of rotatable bonds is 4. The molecule has 3 aromatic rings. The Bertz CT molecular complexity index is 1190. The van der Waals surface area contributed by atoms with E-state index in [9.17, 15) is 19.5 Å². The summed E-state index contributed by atoms with van der Waals surface area (Å²) in [4.78, 5) is 38.9. The van der Waals surface area contributed by atoms with Crippen LogP contribution in [0.1, 0.15) is 18.1 Å². The molecule has 0 aromatic heterocycles. The van der Waals surface area contributed by atoms with Crippen LogP contribution in [0.15, 0.2) is 60.7 Å². The number of amides is 4. The lowest BCUT2D eigenvalue weighted by Gasteiger charge is -2.22. The molecule has 0 radical (unpaired) electrons. The summed E-state index contributed by atoms with van der Waals surface area (Å²) in [5.74, 6) is -1.17. The van der Waals surface area contributed by atoms with Crippen molar-refractivity contribution in [1.29, 1.82) is 0 Å². The number of urea groups is 1. The fraction of sp³-hybridized carbons (Fsp3) is 0.174. The quantitative estimate of drug-likeness (QED) is 0.460. The van der Waals surface area contributed by atoms with Gasteiger partial charge in [-0.05, 0) is 53.9 Å². The van der Waals surface area contributed by atoms with Crippen LogP contribution in [0, 0.1) is 6.92 Å². The van der Waals surface area contributed by atoms with Crippen molar-refractivity contribution in [3.8, 4) is 5.75 Å². The molecule has 1 aliphatic heterocycles. The van der Waals surface area contributed by atoms with Crippen molar-refractivity contribution in [1.82, 2.24) is 10.2 Å². The third-order valence-electron chi connectivity index (χ3n) is 5.33. The van der Waals surface area contributed by atoms with E-state index in [2.05, 4.69) is 10.6 Å². The zero-order valence-electron chi connectivity index (χ0n) is 16.6. The number of nitrogens with zero attached hydrogens (tertiary/aromatic N) is 1. The molecule has 4 rings (SSSR count). The highest BCUT2D eigenvalue weighted by Gasteiger charge is 2.49. The van der Waals surface area contributed by atoms with Crippen molar-refractivity contribution < 1.29 is 19.5 Å². The van der Waals surface area contributed by atoms with Gasteiger partial charge in [0.25, 0.3) is 5.91 Å². The van der Waals surface area contributed by atoms with Crippen molar-refractivity contribution >= 4 is 34.3 Å². The Hall–Kier alpha value is -3.87. The number of hydrogen-bond donors (Lipinski definition) is 3. The van der Waals surface area contributed by atoms with Gasteiger partial charge in [0, 0.05) is 0 Å². The Morgan fingerprint density at radius 2 is 1.80 bits per heavy atom. The normalized spacial score (nSPS) is 18.5. The van der Waals surface area contributed by atoms with E-state index in [1.807, 2.05) is 43.3 Å². The Kier molecular flexibility index (Phi) is 4.66. The maximum Gasteiger partial charge on any atom is 0.325 e. The van der Waals surface area contributed by atoms with Gasteiger partial charge in [0.1, 0.15) is 17.8 Å². The molecule has 1 heterocycles. The maximum absolute atomic E-state index is 13.1. The van der Waals surface area contributed by atoms with Gasteiger partial charge in [-0.1, -0.05) is 42.5 Å². The van der Waals surface area contributed by atoms with Gasteiger partial charge in [-0.3, -0.25) is 14.5 Å². The van der Waals surface area contributed by atoms with Crippen LogP contribution in [-0.4, -0.2) is 34.4 Å². The number of phenolic OH excluding ortho intramolecular Hbond substituents is 1. The highest BCUT2D eigenvalue weighted by molar-refractivity contribution is 6.10. The number of phenols is 1. The Labute approximate surface area is 173 Å². The molecule has 1 atom stereocenters. The highest BCUT2D eigenvalue weighted by Crippen LogP contribution is 2.31. The van der Waals surface area contributed by atoms with Crippen LogP contribution in [0.25, 0.3) is 10.8 Å². The van der Waals surface area contributed by atoms with Crippen LogP contribution < -0.4 is 10.6 Å². The predicted octanol–water partition coefficient (Wildman–Crippen LogP) is 3.26. The lowest BCUT2D eigenvalue weighted by molar-refractivity contribution is -0.133. The first-order valence-electron chi connectivity index (χ1n) is 9.51. The van der Waals surface area contributed by atoms with Crippen molar-refractivity contribution in [2.45, 2.75) is 19.4 Å². The van der Waals surface area contributed by atoms with Gasteiger partial charge in [-0.15, -0.1) is 0 Å². The molecule has 0 aliphatic carbocycles.